The van der Waals surface area contributed by atoms with Crippen LogP contribution in [-0.4, -0.2) is 10.7 Å². The second kappa shape index (κ2) is 11.4. The van der Waals surface area contributed by atoms with Crippen LogP contribution in [-0.2, 0) is 0 Å². The van der Waals surface area contributed by atoms with E-state index in [1.165, 1.54) is 56.9 Å². The highest BCUT2D eigenvalue weighted by Crippen LogP contribution is 2.43. The Morgan fingerprint density at radius 1 is 0.667 bits per heavy atom. The quantitative estimate of drug-likeness (QED) is 0.148. The zero-order chi connectivity index (χ0) is 23.0. The fourth-order valence-corrected chi connectivity index (χ4v) is 5.83. The van der Waals surface area contributed by atoms with Crippen molar-refractivity contribution in [3.63, 3.8) is 0 Å². The highest BCUT2D eigenvalue weighted by molar-refractivity contribution is 6.29. The van der Waals surface area contributed by atoms with Crippen LogP contribution in [0.4, 0.5) is 5.69 Å². The van der Waals surface area contributed by atoms with Crippen molar-refractivity contribution in [3.8, 4) is 0 Å². The van der Waals surface area contributed by atoms with E-state index >= 15 is 0 Å². The molecule has 2 saturated carbocycles. The number of non-ortho nitro benzene ring substituents is 1. The summed E-state index contributed by atoms with van der Waals surface area (Å²) in [5, 5.41) is 11.3. The molecule has 4 nitrogen and oxygen atoms in total. The molecule has 33 heavy (non-hydrogen) atoms. The van der Waals surface area contributed by atoms with Gasteiger partial charge in [-0.1, -0.05) is 87.3 Å². The summed E-state index contributed by atoms with van der Waals surface area (Å²) in [4.78, 5) is 25.0. The molecule has 2 aliphatic carbocycles. The maximum absolute atomic E-state index is 14.1. The molecule has 2 fully saturated rings. The molecule has 0 radical (unpaired) electrons. The van der Waals surface area contributed by atoms with Gasteiger partial charge < -0.3 is 0 Å². The van der Waals surface area contributed by atoms with Crippen molar-refractivity contribution in [1.82, 2.24) is 0 Å². The lowest BCUT2D eigenvalue weighted by Gasteiger charge is -2.30. The van der Waals surface area contributed by atoms with E-state index in [-0.39, 0.29) is 16.4 Å². The van der Waals surface area contributed by atoms with Crippen molar-refractivity contribution < 1.29 is 9.72 Å². The fraction of sp³-hybridized carbons (Fsp3) is 0.483. The van der Waals surface area contributed by atoms with Crippen LogP contribution in [0.3, 0.4) is 0 Å². The summed E-state index contributed by atoms with van der Waals surface area (Å²) in [5.41, 5.74) is 3.76. The van der Waals surface area contributed by atoms with Crippen molar-refractivity contribution in [3.05, 3.63) is 81.4 Å². The Morgan fingerprint density at radius 3 is 1.61 bits per heavy atom. The molecule has 0 aromatic heterocycles. The maximum Gasteiger partial charge on any atom is 0.269 e. The molecule has 0 aliphatic heterocycles. The van der Waals surface area contributed by atoms with Gasteiger partial charge in [-0.05, 0) is 55.2 Å². The van der Waals surface area contributed by atoms with Crippen molar-refractivity contribution in [1.29, 1.82) is 0 Å². The van der Waals surface area contributed by atoms with Crippen LogP contribution < -0.4 is 0 Å². The van der Waals surface area contributed by atoms with Gasteiger partial charge in [-0.15, -0.1) is 0 Å². The molecular formula is C29H35NO3. The molecule has 0 bridgehead atoms. The Hall–Kier alpha value is -2.75. The predicted octanol–water partition coefficient (Wildman–Crippen LogP) is 8.17. The van der Waals surface area contributed by atoms with Gasteiger partial charge in [0.05, 0.1) is 4.92 Å². The Bertz CT molecular complexity index is 940. The van der Waals surface area contributed by atoms with Crippen molar-refractivity contribution in [2.75, 3.05) is 0 Å². The van der Waals surface area contributed by atoms with Gasteiger partial charge >= 0.3 is 0 Å². The number of nitro groups is 1. The van der Waals surface area contributed by atoms with Gasteiger partial charge in [0, 0.05) is 23.3 Å². The average molecular weight is 446 g/mol. The lowest BCUT2D eigenvalue weighted by molar-refractivity contribution is -0.384. The lowest BCUT2D eigenvalue weighted by Crippen LogP contribution is -2.19. The van der Waals surface area contributed by atoms with E-state index in [9.17, 15) is 14.9 Å². The van der Waals surface area contributed by atoms with Gasteiger partial charge in [0.2, 0.25) is 0 Å². The van der Waals surface area contributed by atoms with Crippen LogP contribution >= 0.6 is 0 Å². The summed E-state index contributed by atoms with van der Waals surface area (Å²) >= 11 is 0. The summed E-state index contributed by atoms with van der Waals surface area (Å²) in [7, 11) is 0. The van der Waals surface area contributed by atoms with Gasteiger partial charge in [-0.2, -0.15) is 0 Å². The van der Waals surface area contributed by atoms with Gasteiger partial charge in [-0.25, -0.2) is 0 Å². The number of carbonyl (C=O) groups excluding carboxylic acids is 1. The number of rotatable bonds is 6. The minimum atomic E-state index is -0.371. The molecular weight excluding hydrogens is 410 g/mol. The van der Waals surface area contributed by atoms with Crippen LogP contribution in [0.15, 0.2) is 60.2 Å². The van der Waals surface area contributed by atoms with Gasteiger partial charge in [-0.3, -0.25) is 14.9 Å². The third-order valence-corrected chi connectivity index (χ3v) is 7.51. The molecule has 0 N–H and O–H groups in total. The summed E-state index contributed by atoms with van der Waals surface area (Å²) < 4.78 is 0. The number of hydrogen-bond donors (Lipinski definition) is 0. The van der Waals surface area contributed by atoms with E-state index in [0.717, 1.165) is 36.8 Å². The van der Waals surface area contributed by atoms with Gasteiger partial charge in [0.15, 0.2) is 5.78 Å². The third-order valence-electron chi connectivity index (χ3n) is 7.51. The number of hydrogen-bond acceptors (Lipinski definition) is 3. The van der Waals surface area contributed by atoms with Crippen molar-refractivity contribution in [2.45, 2.75) is 77.0 Å². The summed E-state index contributed by atoms with van der Waals surface area (Å²) in [6, 6.07) is 16.2. The predicted molar refractivity (Wildman–Crippen MR) is 133 cm³/mol. The van der Waals surface area contributed by atoms with Gasteiger partial charge in [0.25, 0.3) is 5.69 Å². The molecule has 2 aliphatic rings. The molecule has 4 rings (SSSR count). The van der Waals surface area contributed by atoms with Gasteiger partial charge in [0.1, 0.15) is 0 Å². The number of Topliss-reactive ketones (excluding diaryl/α,β-unsaturated/α-hetero) is 1. The van der Waals surface area contributed by atoms with Crippen LogP contribution in [0.1, 0.15) is 93.0 Å². The molecule has 174 valence electrons. The number of ketones is 1. The molecule has 0 saturated heterocycles. The Kier molecular flexibility index (Phi) is 8.09. The molecule has 2 aromatic carbocycles. The van der Waals surface area contributed by atoms with Crippen LogP contribution in [0.25, 0.3) is 5.57 Å². The summed E-state index contributed by atoms with van der Waals surface area (Å²) in [5.74, 6) is 0.912. The molecule has 0 atom stereocenters. The zero-order valence-electron chi connectivity index (χ0n) is 19.5. The highest BCUT2D eigenvalue weighted by Gasteiger charge is 2.31. The second-order valence-electron chi connectivity index (χ2n) is 9.71. The first-order valence-corrected chi connectivity index (χ1v) is 12.7. The number of carbonyl (C=O) groups is 1. The zero-order valence-corrected chi connectivity index (χ0v) is 19.5. The molecule has 4 heteroatoms. The smallest absolute Gasteiger partial charge is 0.269 e. The minimum absolute atomic E-state index is 0.0629. The van der Waals surface area contributed by atoms with Crippen LogP contribution in [0.2, 0.25) is 0 Å². The largest absolute Gasteiger partial charge is 0.289 e. The molecule has 0 amide bonds. The van der Waals surface area contributed by atoms with E-state index in [1.54, 1.807) is 24.3 Å². The van der Waals surface area contributed by atoms with E-state index in [2.05, 4.69) is 0 Å². The first-order chi connectivity index (χ1) is 16.1. The SMILES string of the molecule is O=C(C(=C(C1CCCCCC1)C1CCCCCC1)c1ccc([N+](=O)[O-])cc1)c1ccccc1. The minimum Gasteiger partial charge on any atom is -0.289 e. The number of nitrogens with zero attached hydrogens (tertiary/aromatic N) is 1. The fourth-order valence-electron chi connectivity index (χ4n) is 5.83. The number of allylic oxidation sites excluding steroid dienone is 2. The Balaban J connectivity index is 1.89. The van der Waals surface area contributed by atoms with E-state index in [0.29, 0.717) is 17.4 Å². The topological polar surface area (TPSA) is 60.2 Å². The number of benzene rings is 2. The average Bonchev–Trinajstić information content (AvgIpc) is 3.28. The normalized spacial score (nSPS) is 18.2. The maximum atomic E-state index is 14.1. The van der Waals surface area contributed by atoms with Crippen LogP contribution in [0, 0.1) is 22.0 Å². The highest BCUT2D eigenvalue weighted by atomic mass is 16.6. The molecule has 2 aromatic rings. The Labute approximate surface area is 197 Å². The van der Waals surface area contributed by atoms with Crippen molar-refractivity contribution in [2.24, 2.45) is 11.8 Å². The standard InChI is InChI=1S/C29H35NO3/c31-29(25-16-10-5-11-17-25)28(24-18-20-26(21-19-24)30(32)33)27(22-12-6-1-2-7-13-22)23-14-8-3-4-9-15-23/h5,10-11,16-23H,1-4,6-9,12-15H2. The monoisotopic (exact) mass is 445 g/mol. The third kappa shape index (κ3) is 5.79. The first kappa shape index (κ1) is 23.4. The van der Waals surface area contributed by atoms with E-state index < -0.39 is 0 Å². The molecule has 0 spiro atoms. The number of nitro benzene ring substituents is 1. The first-order valence-electron chi connectivity index (χ1n) is 12.7. The molecule has 0 unspecified atom stereocenters. The van der Waals surface area contributed by atoms with E-state index in [4.69, 9.17) is 0 Å². The lowest BCUT2D eigenvalue weighted by atomic mass is 9.74. The Morgan fingerprint density at radius 2 is 1.15 bits per heavy atom. The van der Waals surface area contributed by atoms with E-state index in [1.807, 2.05) is 30.3 Å². The second-order valence-corrected chi connectivity index (χ2v) is 9.71. The summed E-state index contributed by atoms with van der Waals surface area (Å²) in [6.07, 6.45) is 14.5. The summed E-state index contributed by atoms with van der Waals surface area (Å²) in [6.45, 7) is 0. The van der Waals surface area contributed by atoms with Crippen molar-refractivity contribution >= 4 is 17.0 Å². The van der Waals surface area contributed by atoms with Crippen LogP contribution in [0.5, 0.6) is 0 Å². The molecule has 0 heterocycles.